The first-order chi connectivity index (χ1) is 15.1. The first kappa shape index (κ1) is 19.4. The van der Waals surface area contributed by atoms with Crippen molar-refractivity contribution in [3.8, 4) is 0 Å². The van der Waals surface area contributed by atoms with E-state index < -0.39 is 6.60 Å². The van der Waals surface area contributed by atoms with Gasteiger partial charge in [0.15, 0.2) is 0 Å². The molecular formula is C27H23N2OP. The maximum atomic E-state index is 12.3. The van der Waals surface area contributed by atoms with E-state index >= 15 is 0 Å². The van der Waals surface area contributed by atoms with Crippen LogP contribution in [0.25, 0.3) is 10.8 Å². The van der Waals surface area contributed by atoms with Crippen molar-refractivity contribution in [2.24, 2.45) is 0 Å². The van der Waals surface area contributed by atoms with Crippen LogP contribution in [0.3, 0.4) is 0 Å². The van der Waals surface area contributed by atoms with Gasteiger partial charge in [0.2, 0.25) is 0 Å². The molecule has 0 amide bonds. The van der Waals surface area contributed by atoms with Gasteiger partial charge < -0.3 is 0 Å². The number of nitrogens with one attached hydrogen (secondary N) is 1. The summed E-state index contributed by atoms with van der Waals surface area (Å²) in [6, 6.07) is 38.5. The molecule has 4 aromatic carbocycles. The summed E-state index contributed by atoms with van der Waals surface area (Å²) in [5.74, 6) is 0. The summed E-state index contributed by atoms with van der Waals surface area (Å²) in [7, 11) is 0. The number of nitrogens with zero attached hydrogens (tertiary/aromatic N) is 1. The molecule has 5 aromatic rings. The molecule has 0 fully saturated rings. The molecule has 5 rings (SSSR count). The van der Waals surface area contributed by atoms with Gasteiger partial charge in [-0.25, -0.2) is 0 Å². The zero-order valence-electron chi connectivity index (χ0n) is 17.3. The van der Waals surface area contributed by atoms with Gasteiger partial charge in [-0.2, -0.15) is 0 Å². The van der Waals surface area contributed by atoms with Crippen LogP contribution >= 0.6 is 6.60 Å². The molecule has 1 aromatic heterocycles. The van der Waals surface area contributed by atoms with Crippen LogP contribution in [-0.2, 0) is 0 Å². The van der Waals surface area contributed by atoms with Gasteiger partial charge in [0.25, 0.3) is 0 Å². The van der Waals surface area contributed by atoms with Crippen LogP contribution < -0.4 is 26.8 Å². The molecule has 0 aliphatic carbocycles. The number of H-pyrrole nitrogens is 1. The van der Waals surface area contributed by atoms with Crippen LogP contribution in [0.2, 0.25) is 0 Å². The molecule has 3 nitrogen and oxygen atoms in total. The van der Waals surface area contributed by atoms with E-state index in [1.807, 2.05) is 6.07 Å². The Labute approximate surface area is 181 Å². The van der Waals surface area contributed by atoms with E-state index in [-0.39, 0.29) is 5.56 Å². The summed E-state index contributed by atoms with van der Waals surface area (Å²) in [5.41, 5.74) is -0.167. The number of aromatic amines is 1. The first-order valence-corrected chi connectivity index (χ1v) is 13.0. The van der Waals surface area contributed by atoms with Gasteiger partial charge in [0.05, 0.1) is 0 Å². The molecular weight excluding hydrogens is 399 g/mol. The predicted octanol–water partition coefficient (Wildman–Crippen LogP) is 3.71. The predicted molar refractivity (Wildman–Crippen MR) is 133 cm³/mol. The normalized spacial score (nSPS) is 12.9. The summed E-state index contributed by atoms with van der Waals surface area (Å²) >= 11 is 0. The summed E-state index contributed by atoms with van der Waals surface area (Å²) in [4.78, 5) is 12.3. The van der Waals surface area contributed by atoms with Gasteiger partial charge in [-0.1, -0.05) is 0 Å². The van der Waals surface area contributed by atoms with Crippen LogP contribution in [0.4, 0.5) is 0 Å². The Balaban J connectivity index is 2.00. The fourth-order valence-electron chi connectivity index (χ4n) is 4.73. The van der Waals surface area contributed by atoms with E-state index in [2.05, 4.69) is 120 Å². The second-order valence-corrected chi connectivity index (χ2v) is 13.2. The number of benzene rings is 4. The first-order valence-electron chi connectivity index (χ1n) is 10.3. The number of hydrogen-bond acceptors (Lipinski definition) is 2. The van der Waals surface area contributed by atoms with Gasteiger partial charge in [-0.15, -0.1) is 0 Å². The van der Waals surface area contributed by atoms with E-state index in [1.54, 1.807) is 6.20 Å². The molecule has 0 spiro atoms. The van der Waals surface area contributed by atoms with Crippen molar-refractivity contribution >= 4 is 38.6 Å². The Bertz CT molecular complexity index is 1310. The Hall–Kier alpha value is -3.55. The Morgan fingerprint density at radius 3 is 1.61 bits per heavy atom. The molecule has 31 heavy (non-hydrogen) atoms. The van der Waals surface area contributed by atoms with Gasteiger partial charge in [0.1, 0.15) is 0 Å². The molecule has 0 atom stereocenters. The van der Waals surface area contributed by atoms with Crippen molar-refractivity contribution in [3.05, 3.63) is 126 Å². The fourth-order valence-corrected chi connectivity index (χ4v) is 10.2. The van der Waals surface area contributed by atoms with Gasteiger partial charge in [-0.3, -0.25) is 0 Å². The average Bonchev–Trinajstić information content (AvgIpc) is 2.85. The molecule has 0 aliphatic rings. The number of aromatic nitrogens is 2. The molecule has 0 bridgehead atoms. The molecule has 0 unspecified atom stereocenters. The Morgan fingerprint density at radius 2 is 1.13 bits per heavy atom. The van der Waals surface area contributed by atoms with E-state index in [9.17, 15) is 4.79 Å². The van der Waals surface area contributed by atoms with E-state index in [4.69, 9.17) is 0 Å². The third-order valence-corrected chi connectivity index (χ3v) is 12.8. The van der Waals surface area contributed by atoms with Crippen LogP contribution in [0.15, 0.2) is 120 Å². The second kappa shape index (κ2) is 7.30. The molecule has 4 heteroatoms. The van der Waals surface area contributed by atoms with E-state index in [0.29, 0.717) is 5.39 Å². The fraction of sp³-hybridized carbons (Fsp3) is 0.0370. The summed E-state index contributed by atoms with van der Waals surface area (Å²) < 4.78 is 0. The monoisotopic (exact) mass is 422 g/mol. The number of fused-ring (bicyclic) bond motifs is 1. The molecule has 0 saturated carbocycles. The van der Waals surface area contributed by atoms with Crippen LogP contribution in [-0.4, -0.2) is 16.9 Å². The van der Waals surface area contributed by atoms with Gasteiger partial charge in [0, 0.05) is 0 Å². The van der Waals surface area contributed by atoms with Gasteiger partial charge >= 0.3 is 181 Å². The van der Waals surface area contributed by atoms with E-state index in [1.165, 1.54) is 21.2 Å². The molecule has 0 aliphatic heterocycles. The van der Waals surface area contributed by atoms with Crippen LogP contribution in [0, 0.1) is 0 Å². The topological polar surface area (TPSA) is 45.8 Å². The molecule has 1 heterocycles. The second-order valence-electron chi connectivity index (χ2n) is 8.04. The summed E-state index contributed by atoms with van der Waals surface area (Å²) in [6.07, 6.45) is 1.74. The van der Waals surface area contributed by atoms with Crippen molar-refractivity contribution in [2.45, 2.75) is 0 Å². The number of hydrogen-bond donors (Lipinski definition) is 1. The zero-order valence-corrected chi connectivity index (χ0v) is 18.2. The van der Waals surface area contributed by atoms with E-state index in [0.717, 1.165) is 5.39 Å². The van der Waals surface area contributed by atoms with Crippen LogP contribution in [0.1, 0.15) is 0 Å². The Morgan fingerprint density at radius 1 is 0.645 bits per heavy atom. The third kappa shape index (κ3) is 2.78. The van der Waals surface area contributed by atoms with Crippen molar-refractivity contribution in [2.75, 3.05) is 6.66 Å². The molecule has 0 radical (unpaired) electrons. The Kier molecular flexibility index (Phi) is 4.57. The molecule has 152 valence electrons. The summed E-state index contributed by atoms with van der Waals surface area (Å²) in [6.45, 7) is -0.688. The number of rotatable bonds is 4. The van der Waals surface area contributed by atoms with Crippen molar-refractivity contribution in [3.63, 3.8) is 0 Å². The van der Waals surface area contributed by atoms with Crippen molar-refractivity contribution < 1.29 is 0 Å². The standard InChI is InChI=1S/C27H23N2OP/c1-31(22-11-5-2-6-12-22,23-13-7-3-8-14-23,24-15-9-4-10-16-24)25-17-18-26-21(19-25)20-28-29-27(26)30/h2-20H,1H3,(H,29,30). The summed E-state index contributed by atoms with van der Waals surface area (Å²) in [5, 5.41) is 13.1. The van der Waals surface area contributed by atoms with Crippen LogP contribution in [0.5, 0.6) is 0 Å². The van der Waals surface area contributed by atoms with Crippen molar-refractivity contribution in [1.29, 1.82) is 0 Å². The van der Waals surface area contributed by atoms with Gasteiger partial charge in [-0.05, 0) is 0 Å². The molecule has 1 N–H and O–H groups in total. The minimum atomic E-state index is -3.10. The third-order valence-electron chi connectivity index (χ3n) is 6.50. The SMILES string of the molecule is CP(c1ccccc1)(c1ccccc1)(c1ccccc1)c1ccc2c(=O)[nH]ncc2c1. The zero-order chi connectivity index (χ0) is 21.3. The average molecular weight is 422 g/mol. The molecule has 0 saturated heterocycles. The quantitative estimate of drug-likeness (QED) is 0.449. The minimum absolute atomic E-state index is 0.167. The van der Waals surface area contributed by atoms with Crippen molar-refractivity contribution in [1.82, 2.24) is 10.2 Å². The maximum absolute atomic E-state index is 12.3.